The summed E-state index contributed by atoms with van der Waals surface area (Å²) in [5.74, 6) is 1.84. The maximum atomic E-state index is 9.11. The average molecular weight is 263 g/mol. The molecule has 2 aromatic rings. The van der Waals surface area contributed by atoms with E-state index in [9.17, 15) is 0 Å². The van der Waals surface area contributed by atoms with Crippen LogP contribution in [0.2, 0.25) is 0 Å². The standard InChI is InChI=1S/C15H21NO3/c1-10(9-17)11(2)16-8-13-7-12-5-4-6-14(18-3)15(12)19-13/h4-7,10-11,16-17H,8-9H2,1-3H3. The monoisotopic (exact) mass is 263 g/mol. The molecular formula is C15H21NO3. The van der Waals surface area contributed by atoms with E-state index in [2.05, 4.69) is 12.2 Å². The van der Waals surface area contributed by atoms with Crippen LogP contribution in [0.25, 0.3) is 11.0 Å². The number of aliphatic hydroxyl groups excluding tert-OH is 1. The Morgan fingerprint density at radius 1 is 1.37 bits per heavy atom. The Morgan fingerprint density at radius 2 is 2.16 bits per heavy atom. The summed E-state index contributed by atoms with van der Waals surface area (Å²) < 4.78 is 11.1. The van der Waals surface area contributed by atoms with Crippen LogP contribution in [0.15, 0.2) is 28.7 Å². The van der Waals surface area contributed by atoms with Crippen molar-refractivity contribution in [2.24, 2.45) is 5.92 Å². The van der Waals surface area contributed by atoms with Crippen LogP contribution in [0.3, 0.4) is 0 Å². The van der Waals surface area contributed by atoms with Crippen LogP contribution < -0.4 is 10.1 Å². The van der Waals surface area contributed by atoms with Crippen molar-refractivity contribution in [2.75, 3.05) is 13.7 Å². The zero-order valence-electron chi connectivity index (χ0n) is 11.6. The second kappa shape index (κ2) is 6.08. The third-order valence-electron chi connectivity index (χ3n) is 3.52. The summed E-state index contributed by atoms with van der Waals surface area (Å²) in [7, 11) is 1.64. The minimum Gasteiger partial charge on any atom is -0.493 e. The number of hydrogen-bond acceptors (Lipinski definition) is 4. The number of ether oxygens (including phenoxy) is 1. The van der Waals surface area contributed by atoms with Gasteiger partial charge >= 0.3 is 0 Å². The van der Waals surface area contributed by atoms with E-state index in [0.717, 1.165) is 22.5 Å². The number of aliphatic hydroxyl groups is 1. The second-order valence-electron chi connectivity index (χ2n) is 4.92. The summed E-state index contributed by atoms with van der Waals surface area (Å²) in [4.78, 5) is 0. The summed E-state index contributed by atoms with van der Waals surface area (Å²) >= 11 is 0. The van der Waals surface area contributed by atoms with Crippen molar-refractivity contribution in [2.45, 2.75) is 26.4 Å². The van der Waals surface area contributed by atoms with Gasteiger partial charge in [0.2, 0.25) is 0 Å². The topological polar surface area (TPSA) is 54.6 Å². The van der Waals surface area contributed by atoms with Crippen LogP contribution in [0.1, 0.15) is 19.6 Å². The van der Waals surface area contributed by atoms with E-state index in [4.69, 9.17) is 14.3 Å². The zero-order valence-corrected chi connectivity index (χ0v) is 11.6. The highest BCUT2D eigenvalue weighted by Crippen LogP contribution is 2.28. The molecule has 0 amide bonds. The Hall–Kier alpha value is -1.52. The summed E-state index contributed by atoms with van der Waals surface area (Å²) in [6.07, 6.45) is 0. The van der Waals surface area contributed by atoms with Gasteiger partial charge in [0, 0.05) is 18.0 Å². The molecule has 0 spiro atoms. The van der Waals surface area contributed by atoms with Gasteiger partial charge in [0.25, 0.3) is 0 Å². The number of rotatable bonds is 6. The lowest BCUT2D eigenvalue weighted by Crippen LogP contribution is -2.33. The minimum atomic E-state index is 0.183. The van der Waals surface area contributed by atoms with Gasteiger partial charge in [0.15, 0.2) is 11.3 Å². The van der Waals surface area contributed by atoms with Crippen LogP contribution >= 0.6 is 0 Å². The summed E-state index contributed by atoms with van der Waals surface area (Å²) in [5.41, 5.74) is 0.782. The first kappa shape index (κ1) is 13.9. The molecule has 2 N–H and O–H groups in total. The summed E-state index contributed by atoms with van der Waals surface area (Å²) in [6.45, 7) is 4.90. The number of hydrogen-bond donors (Lipinski definition) is 2. The molecule has 2 rings (SSSR count). The van der Waals surface area contributed by atoms with Crippen LogP contribution in [0.5, 0.6) is 5.75 Å². The van der Waals surface area contributed by atoms with Gasteiger partial charge in [-0.15, -0.1) is 0 Å². The van der Waals surface area contributed by atoms with Gasteiger partial charge in [0.05, 0.1) is 13.7 Å². The third kappa shape index (κ3) is 3.08. The molecule has 0 aliphatic carbocycles. The molecule has 2 unspecified atom stereocenters. The first-order valence-electron chi connectivity index (χ1n) is 6.55. The number of fused-ring (bicyclic) bond motifs is 1. The van der Waals surface area contributed by atoms with Crippen molar-refractivity contribution in [1.82, 2.24) is 5.32 Å². The van der Waals surface area contributed by atoms with Crippen molar-refractivity contribution in [3.8, 4) is 5.75 Å². The molecule has 1 heterocycles. The maximum Gasteiger partial charge on any atom is 0.176 e. The van der Waals surface area contributed by atoms with E-state index in [1.54, 1.807) is 7.11 Å². The fourth-order valence-corrected chi connectivity index (χ4v) is 1.96. The van der Waals surface area contributed by atoms with E-state index in [-0.39, 0.29) is 18.6 Å². The van der Waals surface area contributed by atoms with E-state index in [0.29, 0.717) is 6.54 Å². The molecule has 0 bridgehead atoms. The molecule has 0 aliphatic rings. The molecule has 104 valence electrons. The maximum absolute atomic E-state index is 9.11. The molecule has 1 aromatic heterocycles. The smallest absolute Gasteiger partial charge is 0.176 e. The van der Waals surface area contributed by atoms with Crippen molar-refractivity contribution < 1.29 is 14.3 Å². The van der Waals surface area contributed by atoms with E-state index in [1.165, 1.54) is 0 Å². The normalized spacial score (nSPS) is 14.5. The SMILES string of the molecule is COc1cccc2cc(CNC(C)C(C)CO)oc12. The van der Waals surface area contributed by atoms with Gasteiger partial charge in [-0.3, -0.25) is 0 Å². The van der Waals surface area contributed by atoms with Crippen molar-refractivity contribution in [3.63, 3.8) is 0 Å². The summed E-state index contributed by atoms with van der Waals surface area (Å²) in [5, 5.41) is 13.5. The fourth-order valence-electron chi connectivity index (χ4n) is 1.96. The van der Waals surface area contributed by atoms with E-state index < -0.39 is 0 Å². The quantitative estimate of drug-likeness (QED) is 0.841. The molecule has 1 aromatic carbocycles. The Morgan fingerprint density at radius 3 is 2.84 bits per heavy atom. The lowest BCUT2D eigenvalue weighted by atomic mass is 10.1. The second-order valence-corrected chi connectivity index (χ2v) is 4.92. The molecule has 0 saturated carbocycles. The highest BCUT2D eigenvalue weighted by Gasteiger charge is 2.12. The number of methoxy groups -OCH3 is 1. The van der Waals surface area contributed by atoms with Crippen LogP contribution in [0, 0.1) is 5.92 Å². The first-order valence-corrected chi connectivity index (χ1v) is 6.55. The minimum absolute atomic E-state index is 0.183. The Bertz CT molecular complexity index is 535. The molecule has 0 radical (unpaired) electrons. The predicted molar refractivity (Wildman–Crippen MR) is 75.3 cm³/mol. The predicted octanol–water partition coefficient (Wildman–Crippen LogP) is 2.55. The summed E-state index contributed by atoms with van der Waals surface area (Å²) in [6, 6.07) is 8.09. The zero-order chi connectivity index (χ0) is 13.8. The molecular weight excluding hydrogens is 242 g/mol. The fraction of sp³-hybridized carbons (Fsp3) is 0.467. The largest absolute Gasteiger partial charge is 0.493 e. The number of para-hydroxylation sites is 1. The molecule has 0 fully saturated rings. The Kier molecular flexibility index (Phi) is 4.45. The van der Waals surface area contributed by atoms with Crippen molar-refractivity contribution in [3.05, 3.63) is 30.0 Å². The van der Waals surface area contributed by atoms with E-state index >= 15 is 0 Å². The molecule has 0 aliphatic heterocycles. The van der Waals surface area contributed by atoms with Crippen molar-refractivity contribution >= 4 is 11.0 Å². The molecule has 19 heavy (non-hydrogen) atoms. The lowest BCUT2D eigenvalue weighted by molar-refractivity contribution is 0.205. The molecule has 4 heteroatoms. The first-order chi connectivity index (χ1) is 9.15. The van der Waals surface area contributed by atoms with Gasteiger partial charge in [-0.25, -0.2) is 0 Å². The number of furan rings is 1. The number of nitrogens with one attached hydrogen (secondary N) is 1. The van der Waals surface area contributed by atoms with Gasteiger partial charge in [0.1, 0.15) is 5.76 Å². The van der Waals surface area contributed by atoms with Crippen LogP contribution in [-0.2, 0) is 6.54 Å². The molecule has 2 atom stereocenters. The number of benzene rings is 1. The van der Waals surface area contributed by atoms with Gasteiger partial charge in [-0.2, -0.15) is 0 Å². The van der Waals surface area contributed by atoms with Crippen LogP contribution in [-0.4, -0.2) is 24.9 Å². The highest BCUT2D eigenvalue weighted by atomic mass is 16.5. The van der Waals surface area contributed by atoms with Gasteiger partial charge in [-0.05, 0) is 25.0 Å². The highest BCUT2D eigenvalue weighted by molar-refractivity contribution is 5.83. The average Bonchev–Trinajstić information content (AvgIpc) is 2.86. The molecule has 4 nitrogen and oxygen atoms in total. The lowest BCUT2D eigenvalue weighted by Gasteiger charge is -2.18. The van der Waals surface area contributed by atoms with Crippen molar-refractivity contribution in [1.29, 1.82) is 0 Å². The Balaban J connectivity index is 2.10. The van der Waals surface area contributed by atoms with E-state index in [1.807, 2.05) is 31.2 Å². The molecule has 0 saturated heterocycles. The Labute approximate surface area is 113 Å². The van der Waals surface area contributed by atoms with Gasteiger partial charge < -0.3 is 19.6 Å². The van der Waals surface area contributed by atoms with Gasteiger partial charge in [-0.1, -0.05) is 19.1 Å². The third-order valence-corrected chi connectivity index (χ3v) is 3.52. The van der Waals surface area contributed by atoms with Crippen LogP contribution in [0.4, 0.5) is 0 Å².